The fourth-order valence-corrected chi connectivity index (χ4v) is 5.04. The smallest absolute Gasteiger partial charge is 0.252 e. The number of pyridine rings is 1. The zero-order valence-electron chi connectivity index (χ0n) is 17.5. The number of aromatic nitrogens is 1. The molecule has 1 saturated heterocycles. The Hall–Kier alpha value is -2.81. The minimum atomic E-state index is -3.39. The van der Waals surface area contributed by atoms with E-state index < -0.39 is 10.0 Å². The SMILES string of the molecule is CN(C)S(=O)(=O)C[C@@H]1COC[C@@H]1NC(=O)c1cccc2c(-c3cccnc3)cccc12. The summed E-state index contributed by atoms with van der Waals surface area (Å²) in [6.45, 7) is 0.601. The largest absolute Gasteiger partial charge is 0.379 e. The first-order valence-electron chi connectivity index (χ1n) is 10.1. The van der Waals surface area contributed by atoms with E-state index in [9.17, 15) is 13.2 Å². The number of hydrogen-bond acceptors (Lipinski definition) is 5. The predicted octanol–water partition coefficient (Wildman–Crippen LogP) is 2.54. The normalized spacial score (nSPS) is 19.1. The van der Waals surface area contributed by atoms with E-state index >= 15 is 0 Å². The minimum absolute atomic E-state index is 0.0638. The summed E-state index contributed by atoms with van der Waals surface area (Å²) >= 11 is 0. The third-order valence-electron chi connectivity index (χ3n) is 5.64. The van der Waals surface area contributed by atoms with E-state index in [1.54, 1.807) is 18.5 Å². The molecule has 0 spiro atoms. The van der Waals surface area contributed by atoms with Crippen LogP contribution in [0.1, 0.15) is 10.4 Å². The Morgan fingerprint density at radius 3 is 2.61 bits per heavy atom. The van der Waals surface area contributed by atoms with Crippen LogP contribution in [0.5, 0.6) is 0 Å². The first-order valence-corrected chi connectivity index (χ1v) is 11.7. The Morgan fingerprint density at radius 1 is 1.10 bits per heavy atom. The predicted molar refractivity (Wildman–Crippen MR) is 120 cm³/mol. The number of rotatable bonds is 6. The molecule has 1 aliphatic heterocycles. The zero-order chi connectivity index (χ0) is 22.0. The van der Waals surface area contributed by atoms with Crippen molar-refractivity contribution in [2.75, 3.05) is 33.1 Å². The maximum Gasteiger partial charge on any atom is 0.252 e. The molecule has 2 aromatic carbocycles. The average molecular weight is 440 g/mol. The number of sulfonamides is 1. The third kappa shape index (κ3) is 4.46. The van der Waals surface area contributed by atoms with Gasteiger partial charge in [0, 0.05) is 43.5 Å². The van der Waals surface area contributed by atoms with Gasteiger partial charge in [-0.1, -0.05) is 36.4 Å². The Morgan fingerprint density at radius 2 is 1.87 bits per heavy atom. The van der Waals surface area contributed by atoms with Crippen molar-refractivity contribution >= 4 is 26.7 Å². The van der Waals surface area contributed by atoms with Crippen LogP contribution in [0.2, 0.25) is 0 Å². The van der Waals surface area contributed by atoms with Crippen LogP contribution in [0.15, 0.2) is 60.9 Å². The molecule has 2 heterocycles. The summed E-state index contributed by atoms with van der Waals surface area (Å²) in [5, 5.41) is 4.79. The van der Waals surface area contributed by atoms with Crippen molar-refractivity contribution in [2.45, 2.75) is 6.04 Å². The zero-order valence-corrected chi connectivity index (χ0v) is 18.3. The summed E-state index contributed by atoms with van der Waals surface area (Å²) in [5.41, 5.74) is 2.52. The lowest BCUT2D eigenvalue weighted by atomic mass is 9.96. The minimum Gasteiger partial charge on any atom is -0.379 e. The number of carbonyl (C=O) groups is 1. The van der Waals surface area contributed by atoms with Crippen molar-refractivity contribution < 1.29 is 17.9 Å². The number of carbonyl (C=O) groups excluding carboxylic acids is 1. The molecule has 7 nitrogen and oxygen atoms in total. The highest BCUT2D eigenvalue weighted by Crippen LogP contribution is 2.30. The number of nitrogens with one attached hydrogen (secondary N) is 1. The van der Waals surface area contributed by atoms with Crippen molar-refractivity contribution in [1.29, 1.82) is 0 Å². The summed E-state index contributed by atoms with van der Waals surface area (Å²) in [4.78, 5) is 17.4. The van der Waals surface area contributed by atoms with E-state index in [2.05, 4.69) is 10.3 Å². The maximum atomic E-state index is 13.2. The molecule has 3 aromatic rings. The lowest BCUT2D eigenvalue weighted by Crippen LogP contribution is -2.43. The van der Waals surface area contributed by atoms with Crippen LogP contribution in [0.25, 0.3) is 21.9 Å². The molecule has 4 rings (SSSR count). The Labute approximate surface area is 182 Å². The van der Waals surface area contributed by atoms with Crippen molar-refractivity contribution in [3.8, 4) is 11.1 Å². The number of nitrogens with zero attached hydrogens (tertiary/aromatic N) is 2. The summed E-state index contributed by atoms with van der Waals surface area (Å²) < 4.78 is 31.3. The number of fused-ring (bicyclic) bond motifs is 1. The number of benzene rings is 2. The second kappa shape index (κ2) is 8.74. The first kappa shape index (κ1) is 21.4. The fourth-order valence-electron chi connectivity index (χ4n) is 3.87. The second-order valence-electron chi connectivity index (χ2n) is 7.89. The molecule has 0 bridgehead atoms. The van der Waals surface area contributed by atoms with Crippen LogP contribution in [0, 0.1) is 5.92 Å². The van der Waals surface area contributed by atoms with Gasteiger partial charge >= 0.3 is 0 Å². The van der Waals surface area contributed by atoms with Crippen molar-refractivity contribution in [1.82, 2.24) is 14.6 Å². The van der Waals surface area contributed by atoms with E-state index in [1.807, 2.05) is 42.5 Å². The van der Waals surface area contributed by atoms with Crippen molar-refractivity contribution in [2.24, 2.45) is 5.92 Å². The van der Waals surface area contributed by atoms with E-state index in [0.717, 1.165) is 21.9 Å². The lowest BCUT2D eigenvalue weighted by Gasteiger charge is -2.21. The van der Waals surface area contributed by atoms with Gasteiger partial charge in [0.15, 0.2) is 0 Å². The van der Waals surface area contributed by atoms with E-state index in [1.165, 1.54) is 18.4 Å². The van der Waals surface area contributed by atoms with Crippen LogP contribution >= 0.6 is 0 Å². The molecular weight excluding hydrogens is 414 g/mol. The second-order valence-corrected chi connectivity index (χ2v) is 10.1. The maximum absolute atomic E-state index is 13.2. The summed E-state index contributed by atoms with van der Waals surface area (Å²) in [5.74, 6) is -0.597. The number of ether oxygens (including phenoxy) is 1. The lowest BCUT2D eigenvalue weighted by molar-refractivity contribution is 0.0927. The molecule has 1 fully saturated rings. The van der Waals surface area contributed by atoms with Gasteiger partial charge in [0.1, 0.15) is 0 Å². The van der Waals surface area contributed by atoms with Gasteiger partial charge in [-0.3, -0.25) is 9.78 Å². The monoisotopic (exact) mass is 439 g/mol. The van der Waals surface area contributed by atoms with Gasteiger partial charge in [0.2, 0.25) is 10.0 Å². The molecule has 8 heteroatoms. The standard InChI is InChI=1S/C23H25N3O4S/c1-26(2)31(28,29)15-17-13-30-14-22(17)25-23(27)21-10-4-8-19-18(7-3-9-20(19)21)16-6-5-11-24-12-16/h3-12,17,22H,13-15H2,1-2H3,(H,25,27)/t17-,22-/m0/s1. The summed E-state index contributed by atoms with van der Waals surface area (Å²) in [6.07, 6.45) is 3.53. The average Bonchev–Trinajstić information content (AvgIpc) is 3.19. The van der Waals surface area contributed by atoms with Gasteiger partial charge in [0.05, 0.1) is 25.0 Å². The van der Waals surface area contributed by atoms with Crippen LogP contribution < -0.4 is 5.32 Å². The molecule has 31 heavy (non-hydrogen) atoms. The van der Waals surface area contributed by atoms with Crippen LogP contribution in [0.4, 0.5) is 0 Å². The van der Waals surface area contributed by atoms with Crippen LogP contribution in [0.3, 0.4) is 0 Å². The Balaban J connectivity index is 1.61. The van der Waals surface area contributed by atoms with Crippen LogP contribution in [-0.4, -0.2) is 62.7 Å². The topological polar surface area (TPSA) is 88.6 Å². The van der Waals surface area contributed by atoms with Crippen molar-refractivity contribution in [3.63, 3.8) is 0 Å². The molecule has 0 unspecified atom stereocenters. The molecule has 2 atom stereocenters. The van der Waals surface area contributed by atoms with E-state index in [-0.39, 0.29) is 23.6 Å². The van der Waals surface area contributed by atoms with Gasteiger partial charge in [-0.25, -0.2) is 12.7 Å². The van der Waals surface area contributed by atoms with Gasteiger partial charge in [0.25, 0.3) is 5.91 Å². The molecule has 0 saturated carbocycles. The van der Waals surface area contributed by atoms with E-state index in [0.29, 0.717) is 18.8 Å². The van der Waals surface area contributed by atoms with Gasteiger partial charge < -0.3 is 10.1 Å². The highest BCUT2D eigenvalue weighted by molar-refractivity contribution is 7.89. The molecule has 1 N–H and O–H groups in total. The summed E-state index contributed by atoms with van der Waals surface area (Å²) in [7, 11) is -0.373. The van der Waals surface area contributed by atoms with E-state index in [4.69, 9.17) is 4.74 Å². The molecule has 1 aromatic heterocycles. The Bertz CT molecular complexity index is 1200. The summed E-state index contributed by atoms with van der Waals surface area (Å²) in [6, 6.07) is 15.0. The quantitative estimate of drug-likeness (QED) is 0.638. The number of amides is 1. The molecule has 0 aliphatic carbocycles. The van der Waals surface area contributed by atoms with Gasteiger partial charge in [-0.05, 0) is 28.5 Å². The molecule has 1 aliphatic rings. The van der Waals surface area contributed by atoms with Gasteiger partial charge in [-0.15, -0.1) is 0 Å². The molecular formula is C23H25N3O4S. The highest BCUT2D eigenvalue weighted by atomic mass is 32.2. The Kier molecular flexibility index (Phi) is 6.04. The highest BCUT2D eigenvalue weighted by Gasteiger charge is 2.34. The van der Waals surface area contributed by atoms with Gasteiger partial charge in [-0.2, -0.15) is 0 Å². The molecule has 0 radical (unpaired) electrons. The third-order valence-corrected chi connectivity index (χ3v) is 7.60. The number of hydrogen-bond donors (Lipinski definition) is 1. The fraction of sp³-hybridized carbons (Fsp3) is 0.304. The first-order chi connectivity index (χ1) is 14.9. The molecule has 162 valence electrons. The van der Waals surface area contributed by atoms with Crippen molar-refractivity contribution in [3.05, 3.63) is 66.5 Å². The van der Waals surface area contributed by atoms with Crippen LogP contribution in [-0.2, 0) is 14.8 Å². The molecule has 1 amide bonds.